The van der Waals surface area contributed by atoms with Gasteiger partial charge in [0.1, 0.15) is 5.82 Å². The monoisotopic (exact) mass is 281 g/mol. The van der Waals surface area contributed by atoms with E-state index in [0.29, 0.717) is 17.5 Å². The summed E-state index contributed by atoms with van der Waals surface area (Å²) >= 11 is 2.04. The van der Waals surface area contributed by atoms with Gasteiger partial charge in [0.25, 0.3) is 0 Å². The number of rotatable bonds is 4. The quantitative estimate of drug-likeness (QED) is 0.899. The molecule has 0 radical (unpaired) electrons. The summed E-state index contributed by atoms with van der Waals surface area (Å²) in [6.07, 6.45) is 2.23. The SMILES string of the molecule is CC(Cc1ccc(F)cc1)NC1CSCCC1(C)C. The zero-order valence-electron chi connectivity index (χ0n) is 12.1. The van der Waals surface area contributed by atoms with Crippen LogP contribution in [0.3, 0.4) is 0 Å². The average molecular weight is 281 g/mol. The van der Waals surface area contributed by atoms with Crippen molar-refractivity contribution in [2.45, 2.75) is 45.7 Å². The third kappa shape index (κ3) is 4.22. The smallest absolute Gasteiger partial charge is 0.123 e. The summed E-state index contributed by atoms with van der Waals surface area (Å²) in [6, 6.07) is 7.85. The van der Waals surface area contributed by atoms with Crippen LogP contribution in [0.15, 0.2) is 24.3 Å². The summed E-state index contributed by atoms with van der Waals surface area (Å²) in [5.74, 6) is 2.31. The van der Waals surface area contributed by atoms with Crippen molar-refractivity contribution in [1.29, 1.82) is 0 Å². The van der Waals surface area contributed by atoms with Crippen molar-refractivity contribution in [1.82, 2.24) is 5.32 Å². The molecule has 2 rings (SSSR count). The lowest BCUT2D eigenvalue weighted by Gasteiger charge is -2.40. The molecule has 1 fully saturated rings. The molecule has 106 valence electrons. The van der Waals surface area contributed by atoms with E-state index in [1.807, 2.05) is 23.9 Å². The fourth-order valence-electron chi connectivity index (χ4n) is 2.59. The van der Waals surface area contributed by atoms with Crippen molar-refractivity contribution < 1.29 is 4.39 Å². The number of nitrogens with one attached hydrogen (secondary N) is 1. The molecule has 0 aromatic heterocycles. The molecule has 0 saturated carbocycles. The number of hydrogen-bond donors (Lipinski definition) is 1. The first-order valence-corrected chi connectivity index (χ1v) is 8.21. The van der Waals surface area contributed by atoms with E-state index in [2.05, 4.69) is 26.1 Å². The molecule has 2 unspecified atom stereocenters. The van der Waals surface area contributed by atoms with E-state index < -0.39 is 0 Å². The summed E-state index contributed by atoms with van der Waals surface area (Å²) in [4.78, 5) is 0. The van der Waals surface area contributed by atoms with Crippen molar-refractivity contribution in [2.75, 3.05) is 11.5 Å². The lowest BCUT2D eigenvalue weighted by molar-refractivity contribution is 0.231. The molecule has 1 N–H and O–H groups in total. The predicted octanol–water partition coefficient (Wildman–Crippen LogP) is 3.88. The number of thioether (sulfide) groups is 1. The van der Waals surface area contributed by atoms with Gasteiger partial charge in [0, 0.05) is 17.8 Å². The topological polar surface area (TPSA) is 12.0 Å². The van der Waals surface area contributed by atoms with Crippen LogP contribution in [0.1, 0.15) is 32.8 Å². The van der Waals surface area contributed by atoms with Crippen molar-refractivity contribution >= 4 is 11.8 Å². The van der Waals surface area contributed by atoms with Crippen LogP contribution in [0.4, 0.5) is 4.39 Å². The minimum atomic E-state index is -0.158. The second-order valence-corrected chi connectivity index (χ2v) is 7.41. The van der Waals surface area contributed by atoms with E-state index in [9.17, 15) is 4.39 Å². The normalized spacial score (nSPS) is 24.1. The molecule has 1 aromatic rings. The largest absolute Gasteiger partial charge is 0.310 e. The van der Waals surface area contributed by atoms with Gasteiger partial charge in [-0.3, -0.25) is 0 Å². The van der Waals surface area contributed by atoms with Crippen LogP contribution in [-0.4, -0.2) is 23.6 Å². The minimum absolute atomic E-state index is 0.158. The molecule has 0 amide bonds. The molecule has 1 nitrogen and oxygen atoms in total. The van der Waals surface area contributed by atoms with E-state index >= 15 is 0 Å². The molecule has 0 aliphatic carbocycles. The Balaban J connectivity index is 1.90. The van der Waals surface area contributed by atoms with Crippen LogP contribution in [0, 0.1) is 11.2 Å². The maximum absolute atomic E-state index is 12.9. The molecular formula is C16H24FNS. The Morgan fingerprint density at radius 1 is 1.37 bits per heavy atom. The fourth-order valence-corrected chi connectivity index (χ4v) is 4.21. The second-order valence-electron chi connectivity index (χ2n) is 6.26. The molecular weight excluding hydrogens is 257 g/mol. The van der Waals surface area contributed by atoms with Gasteiger partial charge < -0.3 is 5.32 Å². The Morgan fingerprint density at radius 2 is 2.05 bits per heavy atom. The van der Waals surface area contributed by atoms with Crippen molar-refractivity contribution in [3.05, 3.63) is 35.6 Å². The summed E-state index contributed by atoms with van der Waals surface area (Å²) in [5, 5.41) is 3.76. The Labute approximate surface area is 120 Å². The van der Waals surface area contributed by atoms with E-state index in [0.717, 1.165) is 6.42 Å². The molecule has 3 heteroatoms. The van der Waals surface area contributed by atoms with E-state index in [1.165, 1.54) is 23.5 Å². The highest BCUT2D eigenvalue weighted by Crippen LogP contribution is 2.34. The highest BCUT2D eigenvalue weighted by atomic mass is 32.2. The van der Waals surface area contributed by atoms with Gasteiger partial charge in [0.15, 0.2) is 0 Å². The molecule has 19 heavy (non-hydrogen) atoms. The lowest BCUT2D eigenvalue weighted by atomic mass is 9.82. The Morgan fingerprint density at radius 3 is 2.68 bits per heavy atom. The zero-order valence-corrected chi connectivity index (χ0v) is 12.9. The van der Waals surface area contributed by atoms with Gasteiger partial charge in [-0.1, -0.05) is 26.0 Å². The predicted molar refractivity (Wildman–Crippen MR) is 82.2 cm³/mol. The van der Waals surface area contributed by atoms with E-state index in [4.69, 9.17) is 0 Å². The Bertz CT molecular complexity index is 402. The van der Waals surface area contributed by atoms with Crippen LogP contribution in [0.5, 0.6) is 0 Å². The summed E-state index contributed by atoms with van der Waals surface area (Å²) < 4.78 is 12.9. The van der Waals surface area contributed by atoms with Gasteiger partial charge in [-0.05, 0) is 48.6 Å². The highest BCUT2D eigenvalue weighted by molar-refractivity contribution is 7.99. The molecule has 0 bridgehead atoms. The molecule has 1 saturated heterocycles. The number of hydrogen-bond acceptors (Lipinski definition) is 2. The first-order chi connectivity index (χ1) is 8.97. The first kappa shape index (κ1) is 14.9. The summed E-state index contributed by atoms with van der Waals surface area (Å²) in [5.41, 5.74) is 1.57. The van der Waals surface area contributed by atoms with E-state index in [-0.39, 0.29) is 5.82 Å². The zero-order chi connectivity index (χ0) is 13.9. The standard InChI is InChI=1S/C16H24FNS/c1-12(10-13-4-6-14(17)7-5-13)18-15-11-19-9-8-16(15,2)3/h4-7,12,15,18H,8-11H2,1-3H3. The molecule has 1 aliphatic heterocycles. The Hall–Kier alpha value is -0.540. The molecule has 0 spiro atoms. The summed E-state index contributed by atoms with van der Waals surface area (Å²) in [6.45, 7) is 6.93. The maximum Gasteiger partial charge on any atom is 0.123 e. The first-order valence-electron chi connectivity index (χ1n) is 7.05. The van der Waals surface area contributed by atoms with Crippen LogP contribution < -0.4 is 5.32 Å². The van der Waals surface area contributed by atoms with Gasteiger partial charge in [0.2, 0.25) is 0 Å². The average Bonchev–Trinajstić information content (AvgIpc) is 2.35. The van der Waals surface area contributed by atoms with Gasteiger partial charge in [-0.25, -0.2) is 4.39 Å². The minimum Gasteiger partial charge on any atom is -0.310 e. The third-order valence-corrected chi connectivity index (χ3v) is 5.12. The fraction of sp³-hybridized carbons (Fsp3) is 0.625. The molecule has 1 heterocycles. The Kier molecular flexibility index (Phi) is 4.91. The van der Waals surface area contributed by atoms with Crippen LogP contribution in [0.25, 0.3) is 0 Å². The van der Waals surface area contributed by atoms with Gasteiger partial charge >= 0.3 is 0 Å². The molecule has 1 aromatic carbocycles. The lowest BCUT2D eigenvalue weighted by Crippen LogP contribution is -2.50. The second kappa shape index (κ2) is 6.27. The number of halogens is 1. The van der Waals surface area contributed by atoms with Crippen LogP contribution in [0.2, 0.25) is 0 Å². The molecule has 2 atom stereocenters. The van der Waals surface area contributed by atoms with Gasteiger partial charge in [0.05, 0.1) is 0 Å². The van der Waals surface area contributed by atoms with Crippen molar-refractivity contribution in [3.8, 4) is 0 Å². The van der Waals surface area contributed by atoms with Gasteiger partial charge in [-0.15, -0.1) is 0 Å². The van der Waals surface area contributed by atoms with Crippen LogP contribution >= 0.6 is 11.8 Å². The summed E-state index contributed by atoms with van der Waals surface area (Å²) in [7, 11) is 0. The third-order valence-electron chi connectivity index (χ3n) is 4.06. The van der Waals surface area contributed by atoms with E-state index in [1.54, 1.807) is 12.1 Å². The van der Waals surface area contributed by atoms with Crippen molar-refractivity contribution in [3.63, 3.8) is 0 Å². The number of benzene rings is 1. The van der Waals surface area contributed by atoms with Gasteiger partial charge in [-0.2, -0.15) is 11.8 Å². The highest BCUT2D eigenvalue weighted by Gasteiger charge is 2.32. The maximum atomic E-state index is 12.9. The van der Waals surface area contributed by atoms with Crippen molar-refractivity contribution in [2.24, 2.45) is 5.41 Å². The molecule has 1 aliphatic rings. The van der Waals surface area contributed by atoms with Crippen LogP contribution in [-0.2, 0) is 6.42 Å².